The van der Waals surface area contributed by atoms with Crippen molar-refractivity contribution in [1.29, 1.82) is 0 Å². The summed E-state index contributed by atoms with van der Waals surface area (Å²) in [6.45, 7) is 6.12. The number of amides is 1. The van der Waals surface area contributed by atoms with Gasteiger partial charge in [-0.05, 0) is 29.6 Å². The van der Waals surface area contributed by atoms with Gasteiger partial charge in [-0.1, -0.05) is 49.1 Å². The molecule has 0 heterocycles. The van der Waals surface area contributed by atoms with Crippen molar-refractivity contribution in [2.45, 2.75) is 19.9 Å². The molecule has 1 amide bonds. The average molecular weight is 293 g/mol. The first-order valence-electron chi connectivity index (χ1n) is 7.51. The molecule has 0 radical (unpaired) electrons. The standard InChI is InChI=1S/C19H19NO2/c1-13(17-10-8-16-9-11-18(22)19(16)17)20(14(2)21)12-15-6-4-3-5-7-15/h3-7,9-11,16,19H,1,8,12H2,2H3/t16-,19+/m0/s1. The molecule has 0 saturated carbocycles. The van der Waals surface area contributed by atoms with E-state index in [0.717, 1.165) is 17.6 Å². The quantitative estimate of drug-likeness (QED) is 0.854. The molecule has 2 aliphatic rings. The summed E-state index contributed by atoms with van der Waals surface area (Å²) < 4.78 is 0. The minimum atomic E-state index is -0.148. The molecular weight excluding hydrogens is 274 g/mol. The zero-order valence-electron chi connectivity index (χ0n) is 12.7. The molecule has 112 valence electrons. The molecule has 1 aromatic carbocycles. The maximum Gasteiger partial charge on any atom is 0.224 e. The van der Waals surface area contributed by atoms with Crippen molar-refractivity contribution in [2.75, 3.05) is 0 Å². The highest BCUT2D eigenvalue weighted by molar-refractivity contribution is 5.98. The molecule has 0 unspecified atom stereocenters. The molecule has 3 nitrogen and oxygen atoms in total. The van der Waals surface area contributed by atoms with E-state index in [1.165, 1.54) is 6.92 Å². The van der Waals surface area contributed by atoms with E-state index >= 15 is 0 Å². The van der Waals surface area contributed by atoms with Crippen LogP contribution in [0.5, 0.6) is 0 Å². The number of benzene rings is 1. The third-order valence-corrected chi connectivity index (χ3v) is 4.41. The van der Waals surface area contributed by atoms with Crippen molar-refractivity contribution in [3.05, 3.63) is 72.0 Å². The van der Waals surface area contributed by atoms with Crippen molar-refractivity contribution in [3.63, 3.8) is 0 Å². The monoisotopic (exact) mass is 293 g/mol. The minimum absolute atomic E-state index is 0.0587. The van der Waals surface area contributed by atoms with E-state index in [1.54, 1.807) is 11.0 Å². The molecule has 2 atom stereocenters. The lowest BCUT2D eigenvalue weighted by molar-refractivity contribution is -0.127. The zero-order valence-corrected chi connectivity index (χ0v) is 12.7. The van der Waals surface area contributed by atoms with Gasteiger partial charge in [-0.2, -0.15) is 0 Å². The Hall–Kier alpha value is -2.42. The Labute approximate surface area is 130 Å². The summed E-state index contributed by atoms with van der Waals surface area (Å²) >= 11 is 0. The van der Waals surface area contributed by atoms with Crippen molar-refractivity contribution in [2.24, 2.45) is 11.8 Å². The summed E-state index contributed by atoms with van der Waals surface area (Å²) in [6.07, 6.45) is 6.53. The predicted molar refractivity (Wildman–Crippen MR) is 85.6 cm³/mol. The highest BCUT2D eigenvalue weighted by Gasteiger charge is 2.38. The number of hydrogen-bond donors (Lipinski definition) is 0. The van der Waals surface area contributed by atoms with E-state index in [1.807, 2.05) is 36.4 Å². The van der Waals surface area contributed by atoms with Crippen LogP contribution in [-0.4, -0.2) is 16.6 Å². The highest BCUT2D eigenvalue weighted by Crippen LogP contribution is 2.41. The van der Waals surface area contributed by atoms with Crippen LogP contribution in [0, 0.1) is 11.8 Å². The second-order valence-corrected chi connectivity index (χ2v) is 5.84. The largest absolute Gasteiger partial charge is 0.309 e. The topological polar surface area (TPSA) is 37.4 Å². The number of nitrogens with zero attached hydrogens (tertiary/aromatic N) is 1. The summed E-state index contributed by atoms with van der Waals surface area (Å²) in [5.74, 6) is 0.157. The lowest BCUT2D eigenvalue weighted by Gasteiger charge is -2.27. The SMILES string of the molecule is C=C(C1=CC[C@H]2C=CC(=O)[C@@H]12)N(Cc1ccccc1)C(C)=O. The van der Waals surface area contributed by atoms with Gasteiger partial charge in [-0.25, -0.2) is 0 Å². The first-order valence-corrected chi connectivity index (χ1v) is 7.51. The van der Waals surface area contributed by atoms with Gasteiger partial charge in [0.25, 0.3) is 0 Å². The molecule has 0 fully saturated rings. The van der Waals surface area contributed by atoms with Crippen LogP contribution in [0.2, 0.25) is 0 Å². The fourth-order valence-electron chi connectivity index (χ4n) is 3.25. The van der Waals surface area contributed by atoms with Crippen molar-refractivity contribution in [3.8, 4) is 0 Å². The lowest BCUT2D eigenvalue weighted by Crippen LogP contribution is -2.30. The minimum Gasteiger partial charge on any atom is -0.309 e. The summed E-state index contributed by atoms with van der Waals surface area (Å²) in [5.41, 5.74) is 2.61. The van der Waals surface area contributed by atoms with Gasteiger partial charge in [0.05, 0.1) is 12.5 Å². The third kappa shape index (κ3) is 2.54. The fourth-order valence-corrected chi connectivity index (χ4v) is 3.25. The first-order chi connectivity index (χ1) is 10.6. The van der Waals surface area contributed by atoms with Crippen LogP contribution in [-0.2, 0) is 16.1 Å². The smallest absolute Gasteiger partial charge is 0.224 e. The number of hydrogen-bond acceptors (Lipinski definition) is 2. The molecular formula is C19H19NO2. The normalized spacial score (nSPS) is 22.4. The number of carbonyl (C=O) groups is 2. The average Bonchev–Trinajstić information content (AvgIpc) is 3.08. The number of allylic oxidation sites excluding steroid dienone is 4. The Kier molecular flexibility index (Phi) is 3.80. The Bertz CT molecular complexity index is 685. The molecule has 3 rings (SSSR count). The molecule has 22 heavy (non-hydrogen) atoms. The molecule has 2 aliphatic carbocycles. The molecule has 3 heteroatoms. The predicted octanol–water partition coefficient (Wildman–Crippen LogP) is 3.25. The highest BCUT2D eigenvalue weighted by atomic mass is 16.2. The van der Waals surface area contributed by atoms with Crippen molar-refractivity contribution >= 4 is 11.7 Å². The Morgan fingerprint density at radius 1 is 1.32 bits per heavy atom. The maximum atomic E-state index is 12.1. The summed E-state index contributed by atoms with van der Waals surface area (Å²) in [4.78, 5) is 25.8. The van der Waals surface area contributed by atoms with Gasteiger partial charge in [0, 0.05) is 12.6 Å². The molecule has 0 aliphatic heterocycles. The Morgan fingerprint density at radius 3 is 2.73 bits per heavy atom. The molecule has 1 aromatic rings. The van der Waals surface area contributed by atoms with Gasteiger partial charge in [-0.15, -0.1) is 0 Å². The van der Waals surface area contributed by atoms with Crippen LogP contribution in [0.25, 0.3) is 0 Å². The van der Waals surface area contributed by atoms with E-state index in [9.17, 15) is 9.59 Å². The fraction of sp³-hybridized carbons (Fsp3) is 0.263. The van der Waals surface area contributed by atoms with Gasteiger partial charge in [0.1, 0.15) is 0 Å². The van der Waals surface area contributed by atoms with Crippen LogP contribution >= 0.6 is 0 Å². The molecule has 0 saturated heterocycles. The van der Waals surface area contributed by atoms with Gasteiger partial charge in [0.2, 0.25) is 5.91 Å². The lowest BCUT2D eigenvalue weighted by atomic mass is 9.91. The molecule has 0 N–H and O–H groups in total. The summed E-state index contributed by atoms with van der Waals surface area (Å²) in [7, 11) is 0. The molecule has 0 spiro atoms. The Balaban J connectivity index is 1.82. The number of ketones is 1. The van der Waals surface area contributed by atoms with E-state index in [4.69, 9.17) is 0 Å². The van der Waals surface area contributed by atoms with Gasteiger partial charge >= 0.3 is 0 Å². The van der Waals surface area contributed by atoms with Crippen LogP contribution in [0.15, 0.2) is 66.4 Å². The van der Waals surface area contributed by atoms with Crippen molar-refractivity contribution < 1.29 is 9.59 Å². The number of fused-ring (bicyclic) bond motifs is 1. The zero-order chi connectivity index (χ0) is 15.7. The van der Waals surface area contributed by atoms with Crippen LogP contribution < -0.4 is 0 Å². The summed E-state index contributed by atoms with van der Waals surface area (Å²) in [6, 6.07) is 9.81. The number of rotatable bonds is 4. The second-order valence-electron chi connectivity index (χ2n) is 5.84. The van der Waals surface area contributed by atoms with Gasteiger partial charge in [-0.3, -0.25) is 9.59 Å². The summed E-state index contributed by atoms with van der Waals surface area (Å²) in [5, 5.41) is 0. The molecule has 0 aromatic heterocycles. The van der Waals surface area contributed by atoms with E-state index in [0.29, 0.717) is 12.2 Å². The molecule has 0 bridgehead atoms. The second kappa shape index (κ2) is 5.76. The van der Waals surface area contributed by atoms with Crippen LogP contribution in [0.4, 0.5) is 0 Å². The first kappa shape index (κ1) is 14.5. The van der Waals surface area contributed by atoms with E-state index < -0.39 is 0 Å². The van der Waals surface area contributed by atoms with Gasteiger partial charge < -0.3 is 4.90 Å². The Morgan fingerprint density at radius 2 is 2.05 bits per heavy atom. The van der Waals surface area contributed by atoms with E-state index in [2.05, 4.69) is 12.7 Å². The maximum absolute atomic E-state index is 12.1. The van der Waals surface area contributed by atoms with Crippen LogP contribution in [0.1, 0.15) is 18.9 Å². The van der Waals surface area contributed by atoms with Gasteiger partial charge in [0.15, 0.2) is 5.78 Å². The third-order valence-electron chi connectivity index (χ3n) is 4.41. The van der Waals surface area contributed by atoms with Crippen LogP contribution in [0.3, 0.4) is 0 Å². The number of carbonyl (C=O) groups excluding carboxylic acids is 2. The van der Waals surface area contributed by atoms with E-state index in [-0.39, 0.29) is 23.5 Å². The van der Waals surface area contributed by atoms with Crippen molar-refractivity contribution in [1.82, 2.24) is 4.90 Å².